The van der Waals surface area contributed by atoms with Crippen LogP contribution in [0.2, 0.25) is 0 Å². The van der Waals surface area contributed by atoms with Crippen molar-refractivity contribution in [3.8, 4) is 0 Å². The zero-order valence-corrected chi connectivity index (χ0v) is 8.42. The molecule has 90 valence electrons. The number of halogens is 4. The van der Waals surface area contributed by atoms with Crippen molar-refractivity contribution in [2.75, 3.05) is 0 Å². The third-order valence-corrected chi connectivity index (χ3v) is 2.20. The molecule has 0 fully saturated rings. The molecule has 0 unspecified atom stereocenters. The lowest BCUT2D eigenvalue weighted by molar-refractivity contribution is -0.138. The maximum atomic E-state index is 12.7. The topological polar surface area (TPSA) is 46.2 Å². The van der Waals surface area contributed by atoms with E-state index in [0.717, 1.165) is 12.1 Å². The predicted octanol–water partition coefficient (Wildman–Crippen LogP) is 2.23. The van der Waals surface area contributed by atoms with Crippen LogP contribution in [0.1, 0.15) is 24.1 Å². The van der Waals surface area contributed by atoms with Gasteiger partial charge in [-0.25, -0.2) is 4.39 Å². The van der Waals surface area contributed by atoms with E-state index in [0.29, 0.717) is 6.07 Å². The molecule has 0 amide bonds. The van der Waals surface area contributed by atoms with Gasteiger partial charge in [0.2, 0.25) is 0 Å². The smallest absolute Gasteiger partial charge is 0.391 e. The van der Waals surface area contributed by atoms with Crippen molar-refractivity contribution in [1.82, 2.24) is 0 Å². The van der Waals surface area contributed by atoms with Gasteiger partial charge in [0.05, 0.1) is 17.7 Å². The van der Waals surface area contributed by atoms with Crippen molar-refractivity contribution in [1.29, 1.82) is 0 Å². The zero-order valence-electron chi connectivity index (χ0n) is 8.42. The summed E-state index contributed by atoms with van der Waals surface area (Å²) in [4.78, 5) is 0. The SMILES string of the molecule is C[C@@H](O)[C@@H](N)c1ccc(F)cc1C(F)(F)F. The molecule has 0 heterocycles. The van der Waals surface area contributed by atoms with Crippen LogP contribution in [0, 0.1) is 5.82 Å². The third kappa shape index (κ3) is 2.70. The molecule has 2 nitrogen and oxygen atoms in total. The molecule has 0 radical (unpaired) electrons. The first-order valence-electron chi connectivity index (χ1n) is 4.53. The van der Waals surface area contributed by atoms with Gasteiger partial charge in [-0.3, -0.25) is 0 Å². The molecule has 0 aromatic heterocycles. The quantitative estimate of drug-likeness (QED) is 0.775. The predicted molar refractivity (Wildman–Crippen MR) is 50.0 cm³/mol. The average Bonchev–Trinajstić information content (AvgIpc) is 2.15. The van der Waals surface area contributed by atoms with Gasteiger partial charge in [0.15, 0.2) is 0 Å². The fraction of sp³-hybridized carbons (Fsp3) is 0.400. The number of hydrogen-bond donors (Lipinski definition) is 2. The summed E-state index contributed by atoms with van der Waals surface area (Å²) in [5, 5.41) is 9.15. The van der Waals surface area contributed by atoms with Gasteiger partial charge in [-0.15, -0.1) is 0 Å². The highest BCUT2D eigenvalue weighted by Gasteiger charge is 2.35. The van der Waals surface area contributed by atoms with E-state index in [9.17, 15) is 17.6 Å². The molecule has 0 saturated heterocycles. The summed E-state index contributed by atoms with van der Waals surface area (Å²) in [7, 11) is 0. The largest absolute Gasteiger partial charge is 0.416 e. The minimum Gasteiger partial charge on any atom is -0.391 e. The Morgan fingerprint density at radius 3 is 2.31 bits per heavy atom. The van der Waals surface area contributed by atoms with Gasteiger partial charge in [0.25, 0.3) is 0 Å². The summed E-state index contributed by atoms with van der Waals surface area (Å²) in [5.41, 5.74) is 3.95. The van der Waals surface area contributed by atoms with Crippen LogP contribution >= 0.6 is 0 Å². The van der Waals surface area contributed by atoms with E-state index in [1.165, 1.54) is 6.92 Å². The normalized spacial score (nSPS) is 15.9. The van der Waals surface area contributed by atoms with Crippen LogP contribution in [0.15, 0.2) is 18.2 Å². The number of nitrogens with two attached hydrogens (primary N) is 1. The minimum absolute atomic E-state index is 0.316. The van der Waals surface area contributed by atoms with Crippen LogP contribution in [0.5, 0.6) is 0 Å². The summed E-state index contributed by atoms with van der Waals surface area (Å²) < 4.78 is 50.4. The molecule has 0 aliphatic rings. The maximum Gasteiger partial charge on any atom is 0.416 e. The van der Waals surface area contributed by atoms with E-state index in [1.807, 2.05) is 0 Å². The lowest BCUT2D eigenvalue weighted by atomic mass is 9.97. The lowest BCUT2D eigenvalue weighted by Gasteiger charge is -2.20. The molecule has 2 atom stereocenters. The van der Waals surface area contributed by atoms with Crippen LogP contribution < -0.4 is 5.73 Å². The summed E-state index contributed by atoms with van der Waals surface area (Å²) in [6.45, 7) is 1.27. The highest BCUT2D eigenvalue weighted by atomic mass is 19.4. The minimum atomic E-state index is -4.69. The van der Waals surface area contributed by atoms with Crippen LogP contribution in [0.25, 0.3) is 0 Å². The van der Waals surface area contributed by atoms with Crippen molar-refractivity contribution >= 4 is 0 Å². The second-order valence-electron chi connectivity index (χ2n) is 3.50. The number of benzene rings is 1. The Balaban J connectivity index is 3.29. The number of hydrogen-bond acceptors (Lipinski definition) is 2. The Bertz CT molecular complexity index is 376. The first-order valence-corrected chi connectivity index (χ1v) is 4.53. The highest BCUT2D eigenvalue weighted by molar-refractivity contribution is 5.33. The van der Waals surface area contributed by atoms with Gasteiger partial charge in [-0.1, -0.05) is 6.07 Å². The van der Waals surface area contributed by atoms with E-state index in [-0.39, 0.29) is 5.56 Å². The van der Waals surface area contributed by atoms with Gasteiger partial charge in [0.1, 0.15) is 5.82 Å². The number of alkyl halides is 3. The Morgan fingerprint density at radius 1 is 1.31 bits per heavy atom. The first-order chi connectivity index (χ1) is 7.23. The Labute approximate surface area is 89.7 Å². The highest BCUT2D eigenvalue weighted by Crippen LogP contribution is 2.35. The second-order valence-corrected chi connectivity index (χ2v) is 3.50. The van der Waals surface area contributed by atoms with Crippen LogP contribution in [0.3, 0.4) is 0 Å². The van der Waals surface area contributed by atoms with E-state index < -0.39 is 29.7 Å². The molecular weight excluding hydrogens is 226 g/mol. The van der Waals surface area contributed by atoms with E-state index in [4.69, 9.17) is 10.8 Å². The molecule has 0 aliphatic carbocycles. The number of rotatable bonds is 2. The third-order valence-electron chi connectivity index (χ3n) is 2.20. The van der Waals surface area contributed by atoms with Gasteiger partial charge in [-0.05, 0) is 24.6 Å². The molecule has 0 saturated carbocycles. The van der Waals surface area contributed by atoms with E-state index in [1.54, 1.807) is 0 Å². The molecule has 16 heavy (non-hydrogen) atoms. The first kappa shape index (κ1) is 12.9. The van der Waals surface area contributed by atoms with Crippen molar-refractivity contribution < 1.29 is 22.7 Å². The monoisotopic (exact) mass is 237 g/mol. The molecule has 0 bridgehead atoms. The standard InChI is InChI=1S/C10H11F4NO/c1-5(16)9(15)7-3-2-6(11)4-8(7)10(12,13)14/h2-5,9,16H,15H2,1H3/t5-,9-/m1/s1. The molecule has 1 aromatic rings. The Morgan fingerprint density at radius 2 is 1.88 bits per heavy atom. The zero-order chi connectivity index (χ0) is 12.5. The lowest BCUT2D eigenvalue weighted by Crippen LogP contribution is -2.26. The molecule has 3 N–H and O–H groups in total. The molecule has 1 aromatic carbocycles. The molecule has 6 heteroatoms. The average molecular weight is 237 g/mol. The van der Waals surface area contributed by atoms with Crippen molar-refractivity contribution in [3.05, 3.63) is 35.1 Å². The summed E-state index contributed by atoms with van der Waals surface area (Å²) >= 11 is 0. The summed E-state index contributed by atoms with van der Waals surface area (Å²) in [6.07, 6.45) is -5.84. The van der Waals surface area contributed by atoms with Crippen LogP contribution in [0.4, 0.5) is 17.6 Å². The fourth-order valence-corrected chi connectivity index (χ4v) is 1.32. The van der Waals surface area contributed by atoms with Crippen molar-refractivity contribution in [2.45, 2.75) is 25.2 Å². The van der Waals surface area contributed by atoms with E-state index in [2.05, 4.69) is 0 Å². The van der Waals surface area contributed by atoms with Gasteiger partial charge < -0.3 is 10.8 Å². The second kappa shape index (κ2) is 4.39. The molecular formula is C10H11F4NO. The Hall–Kier alpha value is -1.14. The number of aliphatic hydroxyl groups excluding tert-OH is 1. The van der Waals surface area contributed by atoms with Gasteiger partial charge >= 0.3 is 6.18 Å². The van der Waals surface area contributed by atoms with Crippen LogP contribution in [-0.2, 0) is 6.18 Å². The molecule has 0 spiro atoms. The summed E-state index contributed by atoms with van der Waals surface area (Å²) in [5.74, 6) is -0.992. The van der Waals surface area contributed by atoms with Gasteiger partial charge in [0, 0.05) is 0 Å². The van der Waals surface area contributed by atoms with Crippen molar-refractivity contribution in [2.24, 2.45) is 5.73 Å². The van der Waals surface area contributed by atoms with Gasteiger partial charge in [-0.2, -0.15) is 13.2 Å². The number of aliphatic hydroxyl groups is 1. The molecule has 0 aliphatic heterocycles. The maximum absolute atomic E-state index is 12.7. The fourth-order valence-electron chi connectivity index (χ4n) is 1.32. The molecule has 1 rings (SSSR count). The van der Waals surface area contributed by atoms with Crippen molar-refractivity contribution in [3.63, 3.8) is 0 Å². The summed E-state index contributed by atoms with van der Waals surface area (Å²) in [6, 6.07) is 0.997. The van der Waals surface area contributed by atoms with Crippen LogP contribution in [-0.4, -0.2) is 11.2 Å². The Kier molecular flexibility index (Phi) is 3.54. The van der Waals surface area contributed by atoms with E-state index >= 15 is 0 Å².